The van der Waals surface area contributed by atoms with E-state index in [1.165, 1.54) is 12.8 Å². The lowest BCUT2D eigenvalue weighted by Crippen LogP contribution is -2.51. The number of nitrogens with one attached hydrogen (secondary N) is 1. The summed E-state index contributed by atoms with van der Waals surface area (Å²) < 4.78 is 0. The Balaban J connectivity index is 1.89. The molecule has 0 heterocycles. The Morgan fingerprint density at radius 3 is 2.47 bits per heavy atom. The summed E-state index contributed by atoms with van der Waals surface area (Å²) in [6.07, 6.45) is 5.86. The Morgan fingerprint density at radius 2 is 1.93 bits per heavy atom. The summed E-state index contributed by atoms with van der Waals surface area (Å²) in [5.74, 6) is 0.424. The first-order valence-corrected chi connectivity index (χ1v) is 6.37. The van der Waals surface area contributed by atoms with Gasteiger partial charge in [-0.2, -0.15) is 0 Å². The second-order valence-electron chi connectivity index (χ2n) is 6.53. The molecule has 2 unspecified atom stereocenters. The Bertz CT molecular complexity index is 231. The standard InChI is InChI=1S/C13H25NO/c1-10-8-12(2,3)6-7-13(10,15)9-14-11-4-5-11/h10-11,14-15H,4-9H2,1-3H3. The lowest BCUT2D eigenvalue weighted by atomic mass is 9.65. The van der Waals surface area contributed by atoms with Crippen molar-refractivity contribution in [3.8, 4) is 0 Å². The minimum absolute atomic E-state index is 0.422. The van der Waals surface area contributed by atoms with E-state index in [0.29, 0.717) is 17.4 Å². The predicted molar refractivity (Wildman–Crippen MR) is 62.8 cm³/mol. The van der Waals surface area contributed by atoms with Gasteiger partial charge in [0.25, 0.3) is 0 Å². The molecule has 0 spiro atoms. The van der Waals surface area contributed by atoms with Crippen LogP contribution < -0.4 is 5.32 Å². The summed E-state index contributed by atoms with van der Waals surface area (Å²) >= 11 is 0. The van der Waals surface area contributed by atoms with E-state index in [-0.39, 0.29) is 0 Å². The lowest BCUT2D eigenvalue weighted by molar-refractivity contribution is -0.0692. The smallest absolute Gasteiger partial charge is 0.0797 e. The molecule has 0 amide bonds. The van der Waals surface area contributed by atoms with Crippen molar-refractivity contribution < 1.29 is 5.11 Å². The van der Waals surface area contributed by atoms with E-state index in [1.54, 1.807) is 0 Å². The van der Waals surface area contributed by atoms with Gasteiger partial charge < -0.3 is 10.4 Å². The van der Waals surface area contributed by atoms with E-state index in [4.69, 9.17) is 0 Å². The fourth-order valence-corrected chi connectivity index (χ4v) is 2.79. The molecule has 88 valence electrons. The number of rotatable bonds is 3. The second-order valence-corrected chi connectivity index (χ2v) is 6.53. The van der Waals surface area contributed by atoms with Crippen LogP contribution in [0.25, 0.3) is 0 Å². The zero-order valence-electron chi connectivity index (χ0n) is 10.3. The summed E-state index contributed by atoms with van der Waals surface area (Å²) in [4.78, 5) is 0. The van der Waals surface area contributed by atoms with E-state index in [0.717, 1.165) is 25.8 Å². The molecule has 0 aromatic rings. The first kappa shape index (κ1) is 11.4. The minimum atomic E-state index is -0.446. The van der Waals surface area contributed by atoms with Crippen molar-refractivity contribution in [2.75, 3.05) is 6.54 Å². The highest BCUT2D eigenvalue weighted by atomic mass is 16.3. The maximum absolute atomic E-state index is 10.6. The second kappa shape index (κ2) is 3.74. The molecule has 2 aliphatic rings. The van der Waals surface area contributed by atoms with Crippen molar-refractivity contribution in [1.29, 1.82) is 0 Å². The monoisotopic (exact) mass is 211 g/mol. The van der Waals surface area contributed by atoms with Crippen LogP contribution in [0.5, 0.6) is 0 Å². The molecule has 2 fully saturated rings. The van der Waals surface area contributed by atoms with Gasteiger partial charge in [0.15, 0.2) is 0 Å². The van der Waals surface area contributed by atoms with E-state index < -0.39 is 5.60 Å². The molecular formula is C13H25NO. The van der Waals surface area contributed by atoms with Crippen LogP contribution in [-0.2, 0) is 0 Å². The summed E-state index contributed by atoms with van der Waals surface area (Å²) in [5, 5.41) is 14.1. The molecule has 2 heteroatoms. The fourth-order valence-electron chi connectivity index (χ4n) is 2.79. The number of hydrogen-bond acceptors (Lipinski definition) is 2. The summed E-state index contributed by atoms with van der Waals surface area (Å²) in [6.45, 7) is 7.64. The van der Waals surface area contributed by atoms with E-state index in [1.807, 2.05) is 0 Å². The zero-order valence-corrected chi connectivity index (χ0v) is 10.3. The molecule has 0 saturated heterocycles. The van der Waals surface area contributed by atoms with Crippen LogP contribution in [0, 0.1) is 11.3 Å². The first-order chi connectivity index (χ1) is 6.91. The summed E-state index contributed by atoms with van der Waals surface area (Å²) in [7, 11) is 0. The van der Waals surface area contributed by atoms with Crippen LogP contribution in [-0.4, -0.2) is 23.3 Å². The van der Waals surface area contributed by atoms with Crippen LogP contribution in [0.1, 0.15) is 52.9 Å². The fraction of sp³-hybridized carbons (Fsp3) is 1.00. The van der Waals surface area contributed by atoms with Crippen LogP contribution >= 0.6 is 0 Å². The lowest BCUT2D eigenvalue weighted by Gasteiger charge is -2.45. The molecule has 0 aromatic carbocycles. The quantitative estimate of drug-likeness (QED) is 0.751. The molecule has 0 aliphatic heterocycles. The predicted octanol–water partition coefficient (Wildman–Crippen LogP) is 2.32. The highest BCUT2D eigenvalue weighted by Crippen LogP contribution is 2.43. The molecular weight excluding hydrogens is 186 g/mol. The van der Waals surface area contributed by atoms with Gasteiger partial charge in [-0.15, -0.1) is 0 Å². The van der Waals surface area contributed by atoms with Gasteiger partial charge in [0.1, 0.15) is 0 Å². The van der Waals surface area contributed by atoms with Gasteiger partial charge in [-0.25, -0.2) is 0 Å². The molecule has 2 saturated carbocycles. The van der Waals surface area contributed by atoms with Crippen molar-refractivity contribution in [2.24, 2.45) is 11.3 Å². The largest absolute Gasteiger partial charge is 0.388 e. The average molecular weight is 211 g/mol. The topological polar surface area (TPSA) is 32.3 Å². The molecule has 2 nitrogen and oxygen atoms in total. The van der Waals surface area contributed by atoms with Gasteiger partial charge in [-0.1, -0.05) is 20.8 Å². The third-order valence-corrected chi connectivity index (χ3v) is 4.28. The molecule has 0 bridgehead atoms. The zero-order chi connectivity index (χ0) is 11.1. The number of aliphatic hydroxyl groups is 1. The average Bonchev–Trinajstić information content (AvgIpc) is 2.92. The normalized spacial score (nSPS) is 40.4. The maximum atomic E-state index is 10.6. The highest BCUT2D eigenvalue weighted by Gasteiger charge is 2.42. The van der Waals surface area contributed by atoms with Crippen molar-refractivity contribution in [3.05, 3.63) is 0 Å². The van der Waals surface area contributed by atoms with Gasteiger partial charge in [0.2, 0.25) is 0 Å². The van der Waals surface area contributed by atoms with Gasteiger partial charge in [0, 0.05) is 12.6 Å². The molecule has 15 heavy (non-hydrogen) atoms. The van der Waals surface area contributed by atoms with Crippen molar-refractivity contribution in [1.82, 2.24) is 5.32 Å². The highest BCUT2D eigenvalue weighted by molar-refractivity contribution is 4.96. The molecule has 2 N–H and O–H groups in total. The first-order valence-electron chi connectivity index (χ1n) is 6.37. The Labute approximate surface area is 93.5 Å². The maximum Gasteiger partial charge on any atom is 0.0797 e. The van der Waals surface area contributed by atoms with Crippen LogP contribution in [0.4, 0.5) is 0 Å². The Hall–Kier alpha value is -0.0800. The van der Waals surface area contributed by atoms with E-state index >= 15 is 0 Å². The van der Waals surface area contributed by atoms with Crippen LogP contribution in [0.15, 0.2) is 0 Å². The Morgan fingerprint density at radius 1 is 1.27 bits per heavy atom. The van der Waals surface area contributed by atoms with Crippen LogP contribution in [0.2, 0.25) is 0 Å². The van der Waals surface area contributed by atoms with Gasteiger partial charge in [-0.05, 0) is 43.4 Å². The van der Waals surface area contributed by atoms with Gasteiger partial charge in [-0.3, -0.25) is 0 Å². The van der Waals surface area contributed by atoms with Crippen molar-refractivity contribution in [3.63, 3.8) is 0 Å². The van der Waals surface area contributed by atoms with Gasteiger partial charge in [0.05, 0.1) is 5.60 Å². The molecule has 2 atom stereocenters. The minimum Gasteiger partial charge on any atom is -0.388 e. The summed E-state index contributed by atoms with van der Waals surface area (Å²) in [5.41, 5.74) is -0.0245. The SMILES string of the molecule is CC1CC(C)(C)CCC1(O)CNC1CC1. The van der Waals surface area contributed by atoms with Crippen molar-refractivity contribution >= 4 is 0 Å². The van der Waals surface area contributed by atoms with Crippen molar-refractivity contribution in [2.45, 2.75) is 64.5 Å². The third kappa shape index (κ3) is 2.73. The molecule has 0 radical (unpaired) electrons. The summed E-state index contributed by atoms with van der Waals surface area (Å²) in [6, 6.07) is 0.705. The van der Waals surface area contributed by atoms with Crippen LogP contribution in [0.3, 0.4) is 0 Å². The molecule has 2 aliphatic carbocycles. The molecule has 0 aromatic heterocycles. The Kier molecular flexibility index (Phi) is 2.85. The molecule has 2 rings (SSSR count). The number of hydrogen-bond donors (Lipinski definition) is 2. The van der Waals surface area contributed by atoms with Gasteiger partial charge >= 0.3 is 0 Å². The van der Waals surface area contributed by atoms with E-state index in [2.05, 4.69) is 26.1 Å². The van der Waals surface area contributed by atoms with E-state index in [9.17, 15) is 5.11 Å². The third-order valence-electron chi connectivity index (χ3n) is 4.28.